The second-order valence-electron chi connectivity index (χ2n) is 14.6. The van der Waals surface area contributed by atoms with Crippen molar-refractivity contribution in [2.45, 2.75) is 97.3 Å². The smallest absolute Gasteiger partial charge is 0.346 e. The van der Waals surface area contributed by atoms with Gasteiger partial charge in [0.1, 0.15) is 36.6 Å². The first-order valence-corrected chi connectivity index (χ1v) is 22.4. The summed E-state index contributed by atoms with van der Waals surface area (Å²) in [7, 11) is 0. The minimum atomic E-state index is -2.03. The number of aliphatic hydroxyl groups is 6. The van der Waals surface area contributed by atoms with E-state index < -0.39 is 120 Å². The van der Waals surface area contributed by atoms with E-state index in [2.05, 4.69) is 20.6 Å². The van der Waals surface area contributed by atoms with Gasteiger partial charge in [0, 0.05) is 38.2 Å². The topological polar surface area (TPSA) is 448 Å². The van der Waals surface area contributed by atoms with Crippen molar-refractivity contribution >= 4 is 59.2 Å². The van der Waals surface area contributed by atoms with Crippen LogP contribution in [0.1, 0.15) is 26.7 Å². The number of aliphatic hydroxyl groups excluding tert-OH is 6. The van der Waals surface area contributed by atoms with E-state index in [1.807, 2.05) is 0 Å². The fraction of sp³-hybridized carbons (Fsp3) is 0.833. The summed E-state index contributed by atoms with van der Waals surface area (Å²) in [5, 5.41) is 86.1. The molecule has 12 atom stereocenters. The lowest BCUT2D eigenvalue weighted by atomic mass is 9.88. The van der Waals surface area contributed by atoms with E-state index in [0.717, 1.165) is 23.5 Å². The number of thioether (sulfide) groups is 2. The van der Waals surface area contributed by atoms with Crippen LogP contribution in [0.3, 0.4) is 0 Å². The number of guanidine groups is 2. The highest BCUT2D eigenvalue weighted by Crippen LogP contribution is 2.43. The lowest BCUT2D eigenvalue weighted by molar-refractivity contribution is -0.191. The number of nitrogens with two attached hydrogens (primary N) is 4. The SMILES string of the molecule is CC(=O)N[C@H]1[C@H]([C@@H](O)[C@@H](O)CO)O[C@@](SCCOCCOCCOCCOCCOCCS[C@]2(C(=O)O)C[C@H](N=C(N)N)[C@@H](NC(C)=O)[C@H]([C@@H](O)[C@@H](O)CO)O2)(C(=O)O)C[C@@H]1N=C(N)N. The van der Waals surface area contributed by atoms with Crippen LogP contribution in [0.2, 0.25) is 0 Å². The van der Waals surface area contributed by atoms with Gasteiger partial charge in [0.25, 0.3) is 0 Å². The summed E-state index contributed by atoms with van der Waals surface area (Å²) < 4.78 is 39.3. The highest BCUT2D eigenvalue weighted by atomic mass is 32.2. The number of aliphatic carboxylic acids is 2. The molecule has 2 rings (SSSR count). The fourth-order valence-electron chi connectivity index (χ4n) is 6.70. The van der Waals surface area contributed by atoms with Crippen LogP contribution in [0.4, 0.5) is 0 Å². The Morgan fingerprint density at radius 3 is 1.14 bits per heavy atom. The van der Waals surface area contributed by atoms with Crippen molar-refractivity contribution in [2.75, 3.05) is 90.8 Å². The first-order chi connectivity index (χ1) is 30.7. The molecule has 2 heterocycles. The van der Waals surface area contributed by atoms with E-state index in [4.69, 9.17) is 56.1 Å². The third-order valence-electron chi connectivity index (χ3n) is 9.62. The molecular formula is C36H66N8O19S2. The van der Waals surface area contributed by atoms with E-state index in [-0.39, 0.29) is 90.4 Å². The van der Waals surface area contributed by atoms with Gasteiger partial charge in [-0.3, -0.25) is 9.59 Å². The summed E-state index contributed by atoms with van der Waals surface area (Å²) in [6, 6.07) is -4.46. The summed E-state index contributed by atoms with van der Waals surface area (Å²) in [6.07, 6.45) is -10.8. The van der Waals surface area contributed by atoms with Gasteiger partial charge in [-0.05, 0) is 0 Å². The predicted molar refractivity (Wildman–Crippen MR) is 231 cm³/mol. The number of amides is 2. The molecule has 376 valence electrons. The molecule has 65 heavy (non-hydrogen) atoms. The third-order valence-corrected chi connectivity index (χ3v) is 12.2. The molecular weight excluding hydrogens is 913 g/mol. The maximum absolute atomic E-state index is 12.6. The lowest BCUT2D eigenvalue weighted by Gasteiger charge is -2.47. The largest absolute Gasteiger partial charge is 0.478 e. The average Bonchev–Trinajstić information content (AvgIpc) is 3.23. The number of hydrogen-bond donors (Lipinski definition) is 14. The van der Waals surface area contributed by atoms with Crippen molar-refractivity contribution in [3.8, 4) is 0 Å². The van der Waals surface area contributed by atoms with E-state index in [1.165, 1.54) is 13.8 Å². The van der Waals surface area contributed by atoms with Gasteiger partial charge in [-0.25, -0.2) is 19.6 Å². The second-order valence-corrected chi connectivity index (χ2v) is 17.3. The highest BCUT2D eigenvalue weighted by Gasteiger charge is 2.57. The normalized spacial score (nSPS) is 27.4. The molecule has 18 N–H and O–H groups in total. The van der Waals surface area contributed by atoms with Gasteiger partial charge in [0.2, 0.25) is 21.7 Å². The number of hydrogen-bond acceptors (Lipinski definition) is 21. The minimum Gasteiger partial charge on any atom is -0.478 e. The van der Waals surface area contributed by atoms with E-state index in [0.29, 0.717) is 0 Å². The quantitative estimate of drug-likeness (QED) is 0.0169. The number of carbonyl (C=O) groups excluding carboxylic acids is 2. The fourth-order valence-corrected chi connectivity index (χ4v) is 8.95. The summed E-state index contributed by atoms with van der Waals surface area (Å²) in [5.41, 5.74) is 22.3. The number of aliphatic imine (C=N–C) groups is 2. The van der Waals surface area contributed by atoms with Crippen LogP contribution in [0.15, 0.2) is 9.98 Å². The van der Waals surface area contributed by atoms with Gasteiger partial charge >= 0.3 is 11.9 Å². The van der Waals surface area contributed by atoms with Crippen molar-refractivity contribution in [3.05, 3.63) is 0 Å². The molecule has 2 amide bonds. The van der Waals surface area contributed by atoms with Crippen molar-refractivity contribution < 1.29 is 93.2 Å². The zero-order chi connectivity index (χ0) is 48.7. The Hall–Kier alpha value is -3.40. The maximum atomic E-state index is 12.6. The van der Waals surface area contributed by atoms with Gasteiger partial charge in [-0.2, -0.15) is 0 Å². The van der Waals surface area contributed by atoms with E-state index in [1.54, 1.807) is 0 Å². The van der Waals surface area contributed by atoms with Crippen molar-refractivity contribution in [3.63, 3.8) is 0 Å². The molecule has 0 aromatic heterocycles. The molecule has 2 aliphatic rings. The molecule has 0 aliphatic carbocycles. The number of carboxylic acids is 2. The monoisotopic (exact) mass is 978 g/mol. The van der Waals surface area contributed by atoms with Crippen molar-refractivity contribution in [2.24, 2.45) is 32.9 Å². The van der Waals surface area contributed by atoms with Crippen LogP contribution >= 0.6 is 23.5 Å². The standard InChI is InChI=1S/C36H66N8O19S2/c1-19(47)41-25-21(43-33(37)38)15-35(31(53)54,62-29(25)27(51)23(49)17-45)64-13-11-60-9-7-58-5-3-57-4-6-59-8-10-61-12-14-65-36(32(55)56)16-22(44-34(39)40)26(42-20(2)48)30(63-36)28(52)24(50)18-46/h21-30,45-46,49-52H,3-18H2,1-2H3,(H,41,47)(H,42,48)(H,53,54)(H,55,56)(H4,37,38,43)(H4,39,40,44)/t21-,22-,23-,24-,25+,26+,27-,28-,29+,30+,35-,36-/m0/s1. The summed E-state index contributed by atoms with van der Waals surface area (Å²) >= 11 is 1.67. The number of carbonyl (C=O) groups is 4. The third kappa shape index (κ3) is 19.0. The van der Waals surface area contributed by atoms with Crippen LogP contribution in [-0.4, -0.2) is 238 Å². The summed E-state index contributed by atoms with van der Waals surface area (Å²) in [4.78, 5) is 53.1. The molecule has 0 saturated carbocycles. The van der Waals surface area contributed by atoms with Gasteiger partial charge in [0.05, 0.1) is 103 Å². The predicted octanol–water partition coefficient (Wildman–Crippen LogP) is -6.60. The van der Waals surface area contributed by atoms with E-state index in [9.17, 15) is 60.0 Å². The van der Waals surface area contributed by atoms with Gasteiger partial charge in [0.15, 0.2) is 11.9 Å². The maximum Gasteiger partial charge on any atom is 0.346 e. The number of carboxylic acid groups (broad SMARTS) is 2. The Bertz CT molecular complexity index is 1430. The van der Waals surface area contributed by atoms with Gasteiger partial charge in [-0.1, -0.05) is 0 Å². The molecule has 27 nitrogen and oxygen atoms in total. The van der Waals surface area contributed by atoms with Crippen molar-refractivity contribution in [1.29, 1.82) is 0 Å². The number of rotatable bonds is 32. The number of ether oxygens (including phenoxy) is 7. The Balaban J connectivity index is 1.68. The molecule has 0 bridgehead atoms. The molecule has 0 unspecified atom stereocenters. The van der Waals surface area contributed by atoms with Gasteiger partial charge in [-0.15, -0.1) is 23.5 Å². The van der Waals surface area contributed by atoms with Crippen molar-refractivity contribution in [1.82, 2.24) is 10.6 Å². The Morgan fingerprint density at radius 1 is 0.600 bits per heavy atom. The Labute approximate surface area is 383 Å². The molecule has 2 aliphatic heterocycles. The zero-order valence-electron chi connectivity index (χ0n) is 36.2. The highest BCUT2D eigenvalue weighted by molar-refractivity contribution is 8.01. The van der Waals surface area contributed by atoms with Gasteiger partial charge < -0.3 is 108 Å². The first kappa shape index (κ1) is 57.7. The lowest BCUT2D eigenvalue weighted by Crippen LogP contribution is -2.66. The molecule has 2 fully saturated rings. The first-order valence-electron chi connectivity index (χ1n) is 20.4. The van der Waals surface area contributed by atoms with Crippen LogP contribution in [-0.2, 0) is 52.3 Å². The van der Waals surface area contributed by atoms with E-state index >= 15 is 0 Å². The molecule has 0 aromatic carbocycles. The van der Waals surface area contributed by atoms with Crippen LogP contribution in [0, 0.1) is 0 Å². The summed E-state index contributed by atoms with van der Waals surface area (Å²) in [6.45, 7) is 2.45. The van der Waals surface area contributed by atoms with Crippen LogP contribution in [0.5, 0.6) is 0 Å². The second kappa shape index (κ2) is 29.4. The number of nitrogens with zero attached hydrogens (tertiary/aromatic N) is 2. The Kier molecular flexibility index (Phi) is 26.1. The Morgan fingerprint density at radius 2 is 0.892 bits per heavy atom. The average molecular weight is 979 g/mol. The molecule has 0 spiro atoms. The molecule has 0 aromatic rings. The number of nitrogens with one attached hydrogen (secondary N) is 2. The van der Waals surface area contributed by atoms with Crippen LogP contribution in [0.25, 0.3) is 0 Å². The molecule has 2 saturated heterocycles. The molecule has 29 heteroatoms. The minimum absolute atomic E-state index is 0.0703. The van der Waals surface area contributed by atoms with Crippen LogP contribution < -0.4 is 33.6 Å². The summed E-state index contributed by atoms with van der Waals surface area (Å²) in [5.74, 6) is -4.60. The zero-order valence-corrected chi connectivity index (χ0v) is 37.8. The molecule has 0 radical (unpaired) electrons.